The quantitative estimate of drug-likeness (QED) is 0.714. The van der Waals surface area contributed by atoms with Crippen molar-refractivity contribution in [1.82, 2.24) is 20.5 Å². The largest absolute Gasteiger partial charge is 0.353 e. The van der Waals surface area contributed by atoms with E-state index in [2.05, 4.69) is 38.0 Å². The number of carbonyl (C=O) groups excluding carboxylic acids is 1. The molecular weight excluding hydrogens is 364 g/mol. The van der Waals surface area contributed by atoms with Gasteiger partial charge in [0.2, 0.25) is 5.91 Å². The molecule has 2 aromatic rings. The Hall–Kier alpha value is -1.99. The van der Waals surface area contributed by atoms with Gasteiger partial charge in [-0.3, -0.25) is 9.78 Å². The van der Waals surface area contributed by atoms with Crippen molar-refractivity contribution in [3.8, 4) is 0 Å². The molecule has 2 heterocycles. The SMILES string of the molecule is O=C(CNC(=S)N(Cc1cccs1)C1CCCC1)NCc1cccnc1. The lowest BCUT2D eigenvalue weighted by atomic mass is 10.2. The van der Waals surface area contributed by atoms with Gasteiger partial charge in [-0.25, -0.2) is 0 Å². The second-order valence-corrected chi connectivity index (χ2v) is 7.86. The second-order valence-electron chi connectivity index (χ2n) is 6.44. The van der Waals surface area contributed by atoms with Crippen LogP contribution in [0.3, 0.4) is 0 Å². The normalized spacial score (nSPS) is 14.2. The monoisotopic (exact) mass is 388 g/mol. The number of nitrogens with one attached hydrogen (secondary N) is 2. The highest BCUT2D eigenvalue weighted by Crippen LogP contribution is 2.26. The molecule has 1 aliphatic rings. The number of carbonyl (C=O) groups is 1. The Balaban J connectivity index is 1.49. The summed E-state index contributed by atoms with van der Waals surface area (Å²) in [5.74, 6) is -0.0706. The summed E-state index contributed by atoms with van der Waals surface area (Å²) >= 11 is 7.35. The van der Waals surface area contributed by atoms with Crippen LogP contribution in [-0.4, -0.2) is 33.5 Å². The molecule has 0 saturated heterocycles. The molecule has 2 aromatic heterocycles. The van der Waals surface area contributed by atoms with Crippen LogP contribution in [0.2, 0.25) is 0 Å². The highest BCUT2D eigenvalue weighted by molar-refractivity contribution is 7.80. The van der Waals surface area contributed by atoms with Gasteiger partial charge in [-0.15, -0.1) is 11.3 Å². The third-order valence-corrected chi connectivity index (χ3v) is 5.79. The summed E-state index contributed by atoms with van der Waals surface area (Å²) in [4.78, 5) is 19.7. The van der Waals surface area contributed by atoms with Crippen molar-refractivity contribution >= 4 is 34.6 Å². The molecule has 0 atom stereocenters. The lowest BCUT2D eigenvalue weighted by molar-refractivity contribution is -0.120. The van der Waals surface area contributed by atoms with Gasteiger partial charge in [0.15, 0.2) is 5.11 Å². The third-order valence-electron chi connectivity index (χ3n) is 4.55. The molecule has 0 aliphatic heterocycles. The Morgan fingerprint density at radius 1 is 1.27 bits per heavy atom. The highest BCUT2D eigenvalue weighted by Gasteiger charge is 2.25. The fraction of sp³-hybridized carbons (Fsp3) is 0.421. The summed E-state index contributed by atoms with van der Waals surface area (Å²) in [5, 5.41) is 8.79. The van der Waals surface area contributed by atoms with Crippen LogP contribution in [0.1, 0.15) is 36.1 Å². The zero-order valence-electron chi connectivity index (χ0n) is 14.7. The molecule has 0 aromatic carbocycles. The number of thiocarbonyl (C=S) groups is 1. The highest BCUT2D eigenvalue weighted by atomic mass is 32.1. The van der Waals surface area contributed by atoms with Crippen LogP contribution in [0.15, 0.2) is 42.0 Å². The molecule has 3 rings (SSSR count). The second kappa shape index (κ2) is 9.64. The van der Waals surface area contributed by atoms with E-state index in [0.29, 0.717) is 17.7 Å². The molecule has 0 spiro atoms. The van der Waals surface area contributed by atoms with Crippen molar-refractivity contribution in [2.75, 3.05) is 6.54 Å². The van der Waals surface area contributed by atoms with Gasteiger partial charge in [-0.05, 0) is 48.1 Å². The molecule has 1 fully saturated rings. The minimum absolute atomic E-state index is 0.0706. The van der Waals surface area contributed by atoms with Gasteiger partial charge in [-0.1, -0.05) is 25.0 Å². The van der Waals surface area contributed by atoms with E-state index in [1.807, 2.05) is 12.1 Å². The van der Waals surface area contributed by atoms with Gasteiger partial charge < -0.3 is 15.5 Å². The Morgan fingerprint density at radius 3 is 2.81 bits per heavy atom. The van der Waals surface area contributed by atoms with Crippen LogP contribution in [-0.2, 0) is 17.9 Å². The minimum atomic E-state index is -0.0706. The van der Waals surface area contributed by atoms with Gasteiger partial charge in [0.05, 0.1) is 13.1 Å². The maximum absolute atomic E-state index is 12.1. The molecular formula is C19H24N4OS2. The molecule has 0 radical (unpaired) electrons. The topological polar surface area (TPSA) is 57.3 Å². The first kappa shape index (κ1) is 18.8. The Bertz CT molecular complexity index is 700. The van der Waals surface area contributed by atoms with E-state index in [9.17, 15) is 4.79 Å². The van der Waals surface area contributed by atoms with E-state index < -0.39 is 0 Å². The molecule has 26 heavy (non-hydrogen) atoms. The van der Waals surface area contributed by atoms with Gasteiger partial charge >= 0.3 is 0 Å². The van der Waals surface area contributed by atoms with Crippen LogP contribution in [0.25, 0.3) is 0 Å². The van der Waals surface area contributed by atoms with Gasteiger partial charge in [-0.2, -0.15) is 0 Å². The number of thiophene rings is 1. The number of aromatic nitrogens is 1. The lowest BCUT2D eigenvalue weighted by Gasteiger charge is -2.31. The molecule has 1 saturated carbocycles. The van der Waals surface area contributed by atoms with Gasteiger partial charge in [0, 0.05) is 29.9 Å². The molecule has 2 N–H and O–H groups in total. The standard InChI is InChI=1S/C19H24N4OS2/c24-18(21-12-15-5-3-9-20-11-15)13-22-19(25)23(16-6-1-2-7-16)14-17-8-4-10-26-17/h3-5,8-11,16H,1-2,6-7,12-14H2,(H,21,24)(H,22,25). The van der Waals surface area contributed by atoms with Crippen molar-refractivity contribution in [2.45, 2.75) is 44.8 Å². The summed E-state index contributed by atoms with van der Waals surface area (Å²) < 4.78 is 0. The molecule has 138 valence electrons. The fourth-order valence-electron chi connectivity index (χ4n) is 3.18. The third kappa shape index (κ3) is 5.51. The van der Waals surface area contributed by atoms with Crippen molar-refractivity contribution < 1.29 is 4.79 Å². The van der Waals surface area contributed by atoms with Crippen molar-refractivity contribution in [3.05, 3.63) is 52.5 Å². The average molecular weight is 389 g/mol. The summed E-state index contributed by atoms with van der Waals surface area (Å²) in [6, 6.07) is 8.47. The number of hydrogen-bond acceptors (Lipinski definition) is 4. The van der Waals surface area contributed by atoms with E-state index in [4.69, 9.17) is 12.2 Å². The average Bonchev–Trinajstić information content (AvgIpc) is 3.37. The summed E-state index contributed by atoms with van der Waals surface area (Å²) in [6.07, 6.45) is 8.30. The van der Waals surface area contributed by atoms with Crippen molar-refractivity contribution in [3.63, 3.8) is 0 Å². The number of pyridine rings is 1. The number of nitrogens with zero attached hydrogens (tertiary/aromatic N) is 2. The van der Waals surface area contributed by atoms with E-state index >= 15 is 0 Å². The Kier molecular flexibility index (Phi) is 6.96. The van der Waals surface area contributed by atoms with Crippen LogP contribution in [0, 0.1) is 0 Å². The van der Waals surface area contributed by atoms with Crippen LogP contribution >= 0.6 is 23.6 Å². The lowest BCUT2D eigenvalue weighted by Crippen LogP contribution is -2.47. The molecule has 0 bridgehead atoms. The first-order chi connectivity index (χ1) is 12.7. The van der Waals surface area contributed by atoms with E-state index in [0.717, 1.165) is 12.1 Å². The summed E-state index contributed by atoms with van der Waals surface area (Å²) in [5.41, 5.74) is 0.980. The Morgan fingerprint density at radius 2 is 2.12 bits per heavy atom. The first-order valence-corrected chi connectivity index (χ1v) is 10.2. The van der Waals surface area contributed by atoms with Gasteiger partial charge in [0.1, 0.15) is 0 Å². The van der Waals surface area contributed by atoms with Crippen LogP contribution in [0.4, 0.5) is 0 Å². The Labute approximate surface area is 163 Å². The maximum atomic E-state index is 12.1. The van der Waals surface area contributed by atoms with Crippen LogP contribution in [0.5, 0.6) is 0 Å². The zero-order valence-corrected chi connectivity index (χ0v) is 16.3. The molecule has 7 heteroatoms. The minimum Gasteiger partial charge on any atom is -0.353 e. The van der Waals surface area contributed by atoms with Gasteiger partial charge in [0.25, 0.3) is 0 Å². The molecule has 1 aliphatic carbocycles. The van der Waals surface area contributed by atoms with E-state index in [-0.39, 0.29) is 12.5 Å². The molecule has 1 amide bonds. The predicted molar refractivity (Wildman–Crippen MR) is 109 cm³/mol. The van der Waals surface area contributed by atoms with Crippen LogP contribution < -0.4 is 10.6 Å². The molecule has 0 unspecified atom stereocenters. The van der Waals surface area contributed by atoms with Crippen molar-refractivity contribution in [2.24, 2.45) is 0 Å². The number of rotatable bonds is 7. The predicted octanol–water partition coefficient (Wildman–Crippen LogP) is 3.08. The maximum Gasteiger partial charge on any atom is 0.239 e. The van der Waals surface area contributed by atoms with Crippen molar-refractivity contribution in [1.29, 1.82) is 0 Å². The van der Waals surface area contributed by atoms with E-state index in [1.165, 1.54) is 30.6 Å². The fourth-order valence-corrected chi connectivity index (χ4v) is 4.16. The smallest absolute Gasteiger partial charge is 0.239 e. The number of amides is 1. The summed E-state index contributed by atoms with van der Waals surface area (Å²) in [6.45, 7) is 1.47. The number of hydrogen-bond donors (Lipinski definition) is 2. The zero-order chi connectivity index (χ0) is 18.2. The summed E-state index contributed by atoms with van der Waals surface area (Å²) in [7, 11) is 0. The first-order valence-electron chi connectivity index (χ1n) is 8.95. The van der Waals surface area contributed by atoms with E-state index in [1.54, 1.807) is 23.7 Å². The molecule has 5 nitrogen and oxygen atoms in total.